The Labute approximate surface area is 138 Å². The lowest BCUT2D eigenvalue weighted by Gasteiger charge is -2.06. The van der Waals surface area contributed by atoms with Gasteiger partial charge < -0.3 is 10.1 Å². The number of carbonyl (C=O) groups is 1. The van der Waals surface area contributed by atoms with Gasteiger partial charge in [-0.15, -0.1) is 0 Å². The fourth-order valence-electron chi connectivity index (χ4n) is 1.98. The second-order valence-corrected chi connectivity index (χ2v) is 5.32. The van der Waals surface area contributed by atoms with Crippen LogP contribution in [0.5, 0.6) is 0 Å². The number of carbonyl (C=O) groups excluding carboxylic acids is 1. The van der Waals surface area contributed by atoms with Crippen LogP contribution >= 0.6 is 0 Å². The molecule has 126 valence electrons. The van der Waals surface area contributed by atoms with Crippen LogP contribution in [0.1, 0.15) is 25.5 Å². The smallest absolute Gasteiger partial charge is 0.330 e. The van der Waals surface area contributed by atoms with Gasteiger partial charge in [-0.1, -0.05) is 6.07 Å². The topological polar surface area (TPSA) is 99.3 Å². The van der Waals surface area contributed by atoms with Gasteiger partial charge in [0.25, 0.3) is 5.69 Å². The molecule has 8 nitrogen and oxygen atoms in total. The van der Waals surface area contributed by atoms with Gasteiger partial charge in [0, 0.05) is 24.4 Å². The summed E-state index contributed by atoms with van der Waals surface area (Å²) in [5.74, 6) is -0.527. The first-order chi connectivity index (χ1) is 11.4. The molecule has 0 fully saturated rings. The maximum absolute atomic E-state index is 11.3. The molecule has 0 unspecified atom stereocenters. The van der Waals surface area contributed by atoms with Crippen LogP contribution in [0.15, 0.2) is 36.7 Å². The molecule has 0 aliphatic rings. The predicted octanol–water partition coefficient (Wildman–Crippen LogP) is 3.30. The molecule has 1 aromatic heterocycles. The average molecular weight is 330 g/mol. The van der Waals surface area contributed by atoms with Gasteiger partial charge in [-0.2, -0.15) is 5.10 Å². The standard InChI is InChI=1S/C16H18N4O4/c1-11(2)19-10-13(9-17-19)18-14-6-4-12(5-7-16(21)24-3)8-15(14)20(22)23/h4-11,18H,1-3H3/b7-5+. The lowest BCUT2D eigenvalue weighted by molar-refractivity contribution is -0.383. The van der Waals surface area contributed by atoms with Crippen molar-refractivity contribution in [1.82, 2.24) is 9.78 Å². The number of ether oxygens (including phenoxy) is 1. The van der Waals surface area contributed by atoms with E-state index in [9.17, 15) is 14.9 Å². The van der Waals surface area contributed by atoms with Gasteiger partial charge in [0.15, 0.2) is 0 Å². The molecular formula is C16H18N4O4. The fraction of sp³-hybridized carbons (Fsp3) is 0.250. The highest BCUT2D eigenvalue weighted by atomic mass is 16.6. The van der Waals surface area contributed by atoms with Crippen molar-refractivity contribution >= 4 is 29.1 Å². The van der Waals surface area contributed by atoms with Gasteiger partial charge >= 0.3 is 5.97 Å². The lowest BCUT2D eigenvalue weighted by Crippen LogP contribution is -2.00. The Bertz CT molecular complexity index is 780. The quantitative estimate of drug-likeness (QED) is 0.377. The van der Waals surface area contributed by atoms with Crippen LogP contribution in [-0.2, 0) is 9.53 Å². The van der Waals surface area contributed by atoms with E-state index in [4.69, 9.17) is 0 Å². The minimum absolute atomic E-state index is 0.0979. The highest BCUT2D eigenvalue weighted by Gasteiger charge is 2.15. The number of benzene rings is 1. The van der Waals surface area contributed by atoms with E-state index < -0.39 is 10.9 Å². The summed E-state index contributed by atoms with van der Waals surface area (Å²) in [5, 5.41) is 18.5. The normalized spacial score (nSPS) is 11.0. The van der Waals surface area contributed by atoms with Gasteiger partial charge in [-0.3, -0.25) is 14.8 Å². The van der Waals surface area contributed by atoms with Crippen molar-refractivity contribution < 1.29 is 14.5 Å². The highest BCUT2D eigenvalue weighted by Crippen LogP contribution is 2.29. The minimum atomic E-state index is -0.527. The molecule has 0 amide bonds. The van der Waals surface area contributed by atoms with Crippen LogP contribution in [0.4, 0.5) is 17.1 Å². The third-order valence-corrected chi connectivity index (χ3v) is 3.24. The molecule has 1 N–H and O–H groups in total. The van der Waals surface area contributed by atoms with Crippen molar-refractivity contribution in [2.24, 2.45) is 0 Å². The Morgan fingerprint density at radius 1 is 1.46 bits per heavy atom. The Hall–Kier alpha value is -3.16. The van der Waals surface area contributed by atoms with Gasteiger partial charge in [-0.25, -0.2) is 4.79 Å². The van der Waals surface area contributed by atoms with E-state index in [0.29, 0.717) is 16.9 Å². The van der Waals surface area contributed by atoms with E-state index >= 15 is 0 Å². The van der Waals surface area contributed by atoms with Crippen molar-refractivity contribution in [3.05, 3.63) is 52.3 Å². The second-order valence-electron chi connectivity index (χ2n) is 5.32. The maximum Gasteiger partial charge on any atom is 0.330 e. The molecule has 0 aliphatic heterocycles. The largest absolute Gasteiger partial charge is 0.466 e. The molecular weight excluding hydrogens is 312 g/mol. The molecule has 0 atom stereocenters. The summed E-state index contributed by atoms with van der Waals surface area (Å²) in [4.78, 5) is 21.9. The van der Waals surface area contributed by atoms with Gasteiger partial charge in [0.2, 0.25) is 0 Å². The summed E-state index contributed by atoms with van der Waals surface area (Å²) in [6.07, 6.45) is 6.05. The highest BCUT2D eigenvalue weighted by molar-refractivity contribution is 5.87. The molecule has 0 aliphatic carbocycles. The van der Waals surface area contributed by atoms with Crippen LogP contribution in [0.25, 0.3) is 6.08 Å². The third kappa shape index (κ3) is 4.19. The molecule has 0 bridgehead atoms. The summed E-state index contributed by atoms with van der Waals surface area (Å²) in [5.41, 5.74) is 1.43. The van der Waals surface area contributed by atoms with Gasteiger partial charge in [0.1, 0.15) is 5.69 Å². The van der Waals surface area contributed by atoms with Crippen molar-refractivity contribution in [3.63, 3.8) is 0 Å². The Morgan fingerprint density at radius 3 is 2.79 bits per heavy atom. The predicted molar refractivity (Wildman–Crippen MR) is 90.0 cm³/mol. The van der Waals surface area contributed by atoms with E-state index in [0.717, 1.165) is 0 Å². The maximum atomic E-state index is 11.3. The summed E-state index contributed by atoms with van der Waals surface area (Å²) in [6, 6.07) is 4.83. The number of rotatable bonds is 6. The number of hydrogen-bond acceptors (Lipinski definition) is 6. The molecule has 0 spiro atoms. The monoisotopic (exact) mass is 330 g/mol. The first-order valence-corrected chi connectivity index (χ1v) is 7.26. The Balaban J connectivity index is 2.27. The zero-order valence-electron chi connectivity index (χ0n) is 13.6. The van der Waals surface area contributed by atoms with Crippen LogP contribution in [0.2, 0.25) is 0 Å². The van der Waals surface area contributed by atoms with Crippen molar-refractivity contribution in [3.8, 4) is 0 Å². The summed E-state index contributed by atoms with van der Waals surface area (Å²) >= 11 is 0. The van der Waals surface area contributed by atoms with E-state index in [2.05, 4.69) is 15.2 Å². The van der Waals surface area contributed by atoms with Crippen LogP contribution < -0.4 is 5.32 Å². The van der Waals surface area contributed by atoms with Crippen LogP contribution in [0.3, 0.4) is 0 Å². The molecule has 8 heteroatoms. The number of anilines is 2. The third-order valence-electron chi connectivity index (χ3n) is 3.24. The summed E-state index contributed by atoms with van der Waals surface area (Å²) in [7, 11) is 1.26. The molecule has 24 heavy (non-hydrogen) atoms. The second kappa shape index (κ2) is 7.40. The van der Waals surface area contributed by atoms with E-state index in [1.807, 2.05) is 13.8 Å². The molecule has 1 aromatic carbocycles. The number of aromatic nitrogens is 2. The van der Waals surface area contributed by atoms with Crippen molar-refractivity contribution in [2.45, 2.75) is 19.9 Å². The number of esters is 1. The number of hydrogen-bond donors (Lipinski definition) is 1. The zero-order valence-corrected chi connectivity index (χ0v) is 13.6. The van der Waals surface area contributed by atoms with Crippen molar-refractivity contribution in [2.75, 3.05) is 12.4 Å². The molecule has 2 rings (SSSR count). The zero-order chi connectivity index (χ0) is 17.7. The number of nitrogens with one attached hydrogen (secondary N) is 1. The Kier molecular flexibility index (Phi) is 5.31. The number of methoxy groups -OCH3 is 1. The van der Waals surface area contributed by atoms with E-state index in [1.165, 1.54) is 25.3 Å². The van der Waals surface area contributed by atoms with Crippen LogP contribution in [0, 0.1) is 10.1 Å². The first kappa shape index (κ1) is 17.2. The summed E-state index contributed by atoms with van der Waals surface area (Å²) in [6.45, 7) is 3.98. The number of nitro benzene ring substituents is 1. The Morgan fingerprint density at radius 2 is 2.21 bits per heavy atom. The molecule has 0 saturated carbocycles. The molecule has 1 heterocycles. The van der Waals surface area contributed by atoms with Crippen LogP contribution in [-0.4, -0.2) is 27.8 Å². The minimum Gasteiger partial charge on any atom is -0.466 e. The molecule has 2 aromatic rings. The van der Waals surface area contributed by atoms with Crippen molar-refractivity contribution in [1.29, 1.82) is 0 Å². The molecule has 0 saturated heterocycles. The average Bonchev–Trinajstić information content (AvgIpc) is 3.02. The number of nitrogens with zero attached hydrogens (tertiary/aromatic N) is 3. The van der Waals surface area contributed by atoms with Gasteiger partial charge in [0.05, 0.1) is 23.9 Å². The van der Waals surface area contributed by atoms with Gasteiger partial charge in [-0.05, 0) is 31.6 Å². The molecule has 0 radical (unpaired) electrons. The fourth-order valence-corrected chi connectivity index (χ4v) is 1.98. The number of nitro groups is 1. The SMILES string of the molecule is COC(=O)/C=C/c1ccc(Nc2cnn(C(C)C)c2)c([N+](=O)[O-])c1. The first-order valence-electron chi connectivity index (χ1n) is 7.26. The summed E-state index contributed by atoms with van der Waals surface area (Å²) < 4.78 is 6.24. The van der Waals surface area contributed by atoms with E-state index in [-0.39, 0.29) is 11.7 Å². The van der Waals surface area contributed by atoms with E-state index in [1.54, 1.807) is 29.2 Å². The lowest BCUT2D eigenvalue weighted by atomic mass is 10.1.